The minimum Gasteiger partial charge on any atom is -0.372 e. The summed E-state index contributed by atoms with van der Waals surface area (Å²) in [4.78, 5) is 29.3. The van der Waals surface area contributed by atoms with Gasteiger partial charge in [0.15, 0.2) is 0 Å². The van der Waals surface area contributed by atoms with E-state index in [1.165, 1.54) is 12.1 Å². The molecular formula is C21H31N3O5S. The zero-order chi connectivity index (χ0) is 21.9. The highest BCUT2D eigenvalue weighted by molar-refractivity contribution is 7.89. The lowest BCUT2D eigenvalue weighted by molar-refractivity contribution is -0.150. The fourth-order valence-electron chi connectivity index (χ4n) is 4.19. The number of likely N-dealkylation sites (tertiary alicyclic amines) is 1. The molecule has 0 aromatic heterocycles. The molecule has 166 valence electrons. The first-order chi connectivity index (χ1) is 14.2. The molecule has 0 spiro atoms. The Morgan fingerprint density at radius 1 is 1.03 bits per heavy atom. The zero-order valence-corrected chi connectivity index (χ0v) is 18.6. The van der Waals surface area contributed by atoms with Crippen LogP contribution in [0.1, 0.15) is 33.6 Å². The molecule has 2 heterocycles. The Morgan fingerprint density at radius 3 is 2.17 bits per heavy atom. The molecule has 2 fully saturated rings. The predicted molar refractivity (Wildman–Crippen MR) is 112 cm³/mol. The van der Waals surface area contributed by atoms with Gasteiger partial charge in [-0.1, -0.05) is 18.2 Å². The summed E-state index contributed by atoms with van der Waals surface area (Å²) >= 11 is 0. The average molecular weight is 438 g/mol. The first-order valence-electron chi connectivity index (χ1n) is 10.5. The highest BCUT2D eigenvalue weighted by Gasteiger charge is 2.35. The van der Waals surface area contributed by atoms with Crippen LogP contribution in [-0.2, 0) is 24.3 Å². The zero-order valence-electron chi connectivity index (χ0n) is 17.8. The summed E-state index contributed by atoms with van der Waals surface area (Å²) < 4.78 is 33.1. The van der Waals surface area contributed by atoms with Gasteiger partial charge in [-0.3, -0.25) is 9.59 Å². The molecule has 0 saturated carbocycles. The number of rotatable bonds is 5. The predicted octanol–water partition coefficient (Wildman–Crippen LogP) is 1.23. The molecule has 2 unspecified atom stereocenters. The van der Waals surface area contributed by atoms with Crippen LogP contribution in [0.25, 0.3) is 0 Å². The largest absolute Gasteiger partial charge is 0.372 e. The highest BCUT2D eigenvalue weighted by Crippen LogP contribution is 2.23. The topological polar surface area (TPSA) is 96.0 Å². The van der Waals surface area contributed by atoms with Gasteiger partial charge in [-0.05, 0) is 45.7 Å². The number of piperidine rings is 1. The van der Waals surface area contributed by atoms with Crippen LogP contribution in [0.4, 0.5) is 0 Å². The summed E-state index contributed by atoms with van der Waals surface area (Å²) in [6.07, 6.45) is 1.22. The second kappa shape index (κ2) is 9.45. The van der Waals surface area contributed by atoms with Gasteiger partial charge < -0.3 is 14.5 Å². The monoisotopic (exact) mass is 437 g/mol. The number of carbonyl (C=O) groups is 2. The Kier molecular flexibility index (Phi) is 7.15. The van der Waals surface area contributed by atoms with Gasteiger partial charge in [0.2, 0.25) is 21.8 Å². The second-order valence-electron chi connectivity index (χ2n) is 8.26. The van der Waals surface area contributed by atoms with Crippen molar-refractivity contribution in [3.8, 4) is 0 Å². The summed E-state index contributed by atoms with van der Waals surface area (Å²) in [6.45, 7) is 7.58. The number of hydrogen-bond donors (Lipinski definition) is 1. The van der Waals surface area contributed by atoms with Crippen LogP contribution in [0.5, 0.6) is 0 Å². The lowest BCUT2D eigenvalue weighted by Gasteiger charge is -2.39. The molecule has 1 aromatic carbocycles. The molecule has 0 bridgehead atoms. The lowest BCUT2D eigenvalue weighted by atomic mass is 9.94. The van der Waals surface area contributed by atoms with Gasteiger partial charge in [-0.2, -0.15) is 4.72 Å². The molecule has 8 nitrogen and oxygen atoms in total. The molecule has 2 aliphatic heterocycles. The fourth-order valence-corrected chi connectivity index (χ4v) is 5.41. The van der Waals surface area contributed by atoms with Crippen molar-refractivity contribution in [2.75, 3.05) is 26.2 Å². The Morgan fingerprint density at radius 2 is 1.60 bits per heavy atom. The average Bonchev–Trinajstić information content (AvgIpc) is 2.72. The van der Waals surface area contributed by atoms with Gasteiger partial charge in [0.25, 0.3) is 0 Å². The number of carbonyl (C=O) groups excluding carboxylic acids is 2. The quantitative estimate of drug-likeness (QED) is 0.747. The minimum absolute atomic E-state index is 0.0258. The minimum atomic E-state index is -3.76. The third-order valence-electron chi connectivity index (χ3n) is 5.64. The van der Waals surface area contributed by atoms with Crippen molar-refractivity contribution in [2.45, 2.75) is 56.8 Å². The van der Waals surface area contributed by atoms with Gasteiger partial charge in [0.1, 0.15) is 0 Å². The molecule has 9 heteroatoms. The third kappa shape index (κ3) is 5.39. The Labute approximate surface area is 178 Å². The van der Waals surface area contributed by atoms with E-state index in [9.17, 15) is 18.0 Å². The van der Waals surface area contributed by atoms with E-state index in [-0.39, 0.29) is 34.8 Å². The van der Waals surface area contributed by atoms with Gasteiger partial charge in [-0.25, -0.2) is 8.42 Å². The maximum Gasteiger partial charge on any atom is 0.241 e. The maximum atomic E-state index is 12.9. The molecule has 3 atom stereocenters. The first-order valence-corrected chi connectivity index (χ1v) is 12.0. The normalized spacial score (nSPS) is 24.5. The number of benzene rings is 1. The summed E-state index contributed by atoms with van der Waals surface area (Å²) in [5, 5.41) is 0. The summed E-state index contributed by atoms with van der Waals surface area (Å²) in [7, 11) is -3.76. The van der Waals surface area contributed by atoms with Crippen LogP contribution in [0, 0.1) is 5.92 Å². The molecule has 2 amide bonds. The molecular weight excluding hydrogens is 406 g/mol. The van der Waals surface area contributed by atoms with E-state index in [1.807, 2.05) is 18.7 Å². The molecule has 0 radical (unpaired) electrons. The molecule has 2 saturated heterocycles. The number of amides is 2. The first kappa shape index (κ1) is 22.7. The van der Waals surface area contributed by atoms with Crippen molar-refractivity contribution in [3.05, 3.63) is 30.3 Å². The Balaban J connectivity index is 1.53. The number of nitrogens with one attached hydrogen (secondary N) is 1. The highest BCUT2D eigenvalue weighted by atomic mass is 32.2. The van der Waals surface area contributed by atoms with Crippen molar-refractivity contribution >= 4 is 21.8 Å². The van der Waals surface area contributed by atoms with E-state index >= 15 is 0 Å². The Hall–Kier alpha value is -1.97. The van der Waals surface area contributed by atoms with Crippen molar-refractivity contribution in [1.29, 1.82) is 0 Å². The number of sulfonamides is 1. The van der Waals surface area contributed by atoms with Gasteiger partial charge in [-0.15, -0.1) is 0 Å². The molecule has 2 aliphatic rings. The lowest BCUT2D eigenvalue weighted by Crippen LogP contribution is -2.53. The van der Waals surface area contributed by atoms with E-state index in [4.69, 9.17) is 4.74 Å². The standard InChI is InChI=1S/C21H31N3O5S/c1-15-13-24(14-16(2)29-15)21(26)18-9-11-23(12-10-18)20(25)17(3)22-30(27,28)19-7-5-4-6-8-19/h4-8,15-18,22H,9-14H2,1-3H3/t15?,16?,17-/m0/s1. The van der Waals surface area contributed by atoms with Crippen molar-refractivity contribution in [2.24, 2.45) is 5.92 Å². The fraction of sp³-hybridized carbons (Fsp3) is 0.619. The van der Waals surface area contributed by atoms with Crippen LogP contribution in [0.2, 0.25) is 0 Å². The van der Waals surface area contributed by atoms with Crippen molar-refractivity contribution < 1.29 is 22.7 Å². The van der Waals surface area contributed by atoms with E-state index in [2.05, 4.69) is 4.72 Å². The van der Waals surface area contributed by atoms with Crippen LogP contribution >= 0.6 is 0 Å². The SMILES string of the molecule is CC1CN(C(=O)C2CCN(C(=O)[C@H](C)NS(=O)(=O)c3ccccc3)CC2)CC(C)O1. The van der Waals surface area contributed by atoms with Crippen LogP contribution in [0.3, 0.4) is 0 Å². The smallest absolute Gasteiger partial charge is 0.241 e. The molecule has 0 aliphatic carbocycles. The van der Waals surface area contributed by atoms with E-state index in [1.54, 1.807) is 30.0 Å². The number of ether oxygens (including phenoxy) is 1. The summed E-state index contributed by atoms with van der Waals surface area (Å²) in [5.41, 5.74) is 0. The summed E-state index contributed by atoms with van der Waals surface area (Å²) in [6, 6.07) is 7.12. The molecule has 30 heavy (non-hydrogen) atoms. The maximum absolute atomic E-state index is 12.9. The molecule has 3 rings (SSSR count). The van der Waals surface area contributed by atoms with Crippen LogP contribution in [0.15, 0.2) is 35.2 Å². The van der Waals surface area contributed by atoms with Crippen LogP contribution < -0.4 is 4.72 Å². The van der Waals surface area contributed by atoms with Crippen molar-refractivity contribution in [1.82, 2.24) is 14.5 Å². The third-order valence-corrected chi connectivity index (χ3v) is 7.20. The second-order valence-corrected chi connectivity index (χ2v) is 9.97. The van der Waals surface area contributed by atoms with Gasteiger partial charge in [0, 0.05) is 32.1 Å². The Bertz CT molecular complexity index is 843. The van der Waals surface area contributed by atoms with E-state index in [0.717, 1.165) is 0 Å². The molecule has 1 N–H and O–H groups in total. The van der Waals surface area contributed by atoms with E-state index in [0.29, 0.717) is 39.0 Å². The van der Waals surface area contributed by atoms with Crippen LogP contribution in [-0.4, -0.2) is 74.5 Å². The number of morpholine rings is 1. The van der Waals surface area contributed by atoms with E-state index < -0.39 is 16.1 Å². The van der Waals surface area contributed by atoms with Crippen molar-refractivity contribution in [3.63, 3.8) is 0 Å². The summed E-state index contributed by atoms with van der Waals surface area (Å²) in [5.74, 6) is -0.251. The number of nitrogens with zero attached hydrogens (tertiary/aromatic N) is 2. The molecule has 1 aromatic rings. The number of hydrogen-bond acceptors (Lipinski definition) is 5. The van der Waals surface area contributed by atoms with Gasteiger partial charge >= 0.3 is 0 Å². The van der Waals surface area contributed by atoms with Gasteiger partial charge in [0.05, 0.1) is 23.1 Å².